The summed E-state index contributed by atoms with van der Waals surface area (Å²) < 4.78 is 12.0. The van der Waals surface area contributed by atoms with Crippen LogP contribution in [0.1, 0.15) is 11.4 Å². The van der Waals surface area contributed by atoms with Gasteiger partial charge in [-0.1, -0.05) is 6.07 Å². The largest absolute Gasteiger partial charge is 0.493 e. The highest BCUT2D eigenvalue weighted by molar-refractivity contribution is 9.11. The first-order valence-electron chi connectivity index (χ1n) is 5.52. The lowest BCUT2D eigenvalue weighted by Gasteiger charge is -2.09. The summed E-state index contributed by atoms with van der Waals surface area (Å²) in [5.41, 5.74) is 1.06. The number of methoxy groups -OCH3 is 2. The number of aromatic nitrogens is 2. The van der Waals surface area contributed by atoms with Gasteiger partial charge in [0.15, 0.2) is 11.5 Å². The Labute approximate surface area is 128 Å². The normalized spacial score (nSPS) is 10.3. The lowest BCUT2D eigenvalue weighted by Crippen LogP contribution is -1.98. The van der Waals surface area contributed by atoms with E-state index in [1.807, 2.05) is 18.2 Å². The fraction of sp³-hybridized carbons (Fsp3) is 0.231. The van der Waals surface area contributed by atoms with Crippen molar-refractivity contribution in [3.63, 3.8) is 0 Å². The minimum absolute atomic E-state index is 0.623. The van der Waals surface area contributed by atoms with E-state index in [2.05, 4.69) is 41.8 Å². The zero-order chi connectivity index (χ0) is 13.8. The molecule has 1 aromatic heterocycles. The van der Waals surface area contributed by atoms with Crippen LogP contribution in [0, 0.1) is 0 Å². The van der Waals surface area contributed by atoms with E-state index in [1.165, 1.54) is 0 Å². The monoisotopic (exact) mass is 386 g/mol. The van der Waals surface area contributed by atoms with E-state index in [1.54, 1.807) is 20.3 Å². The molecule has 100 valence electrons. The van der Waals surface area contributed by atoms with Gasteiger partial charge in [-0.05, 0) is 49.6 Å². The Kier molecular flexibility index (Phi) is 4.76. The first kappa shape index (κ1) is 14.3. The second-order valence-electron chi connectivity index (χ2n) is 3.80. The maximum atomic E-state index is 5.28. The molecule has 0 radical (unpaired) electrons. The Morgan fingerprint density at radius 2 is 1.58 bits per heavy atom. The third-order valence-corrected chi connectivity index (χ3v) is 3.33. The summed E-state index contributed by atoms with van der Waals surface area (Å²) in [6.07, 6.45) is 0.623. The molecule has 0 atom stereocenters. The van der Waals surface area contributed by atoms with Gasteiger partial charge in [0.1, 0.15) is 15.0 Å². The number of halogens is 2. The van der Waals surface area contributed by atoms with Gasteiger partial charge in [-0.25, -0.2) is 9.97 Å². The Bertz CT molecular complexity index is 571. The lowest BCUT2D eigenvalue weighted by molar-refractivity contribution is 0.354. The summed E-state index contributed by atoms with van der Waals surface area (Å²) in [4.78, 5) is 8.66. The number of hydrogen-bond donors (Lipinski definition) is 0. The van der Waals surface area contributed by atoms with Crippen molar-refractivity contribution < 1.29 is 9.47 Å². The van der Waals surface area contributed by atoms with Gasteiger partial charge in [0.05, 0.1) is 14.2 Å². The topological polar surface area (TPSA) is 44.2 Å². The lowest BCUT2D eigenvalue weighted by atomic mass is 10.1. The molecule has 0 N–H and O–H groups in total. The Hall–Kier alpha value is -1.14. The van der Waals surface area contributed by atoms with Crippen LogP contribution in [0.25, 0.3) is 0 Å². The van der Waals surface area contributed by atoms with Crippen molar-refractivity contribution in [1.29, 1.82) is 0 Å². The van der Waals surface area contributed by atoms with Crippen LogP contribution in [0.2, 0.25) is 0 Å². The van der Waals surface area contributed by atoms with E-state index in [0.717, 1.165) is 20.6 Å². The number of rotatable bonds is 4. The molecule has 4 nitrogen and oxygen atoms in total. The molecular formula is C13H12Br2N2O2. The number of hydrogen-bond acceptors (Lipinski definition) is 4. The van der Waals surface area contributed by atoms with Crippen LogP contribution in [0.3, 0.4) is 0 Å². The Morgan fingerprint density at radius 3 is 2.16 bits per heavy atom. The first-order valence-corrected chi connectivity index (χ1v) is 7.11. The van der Waals surface area contributed by atoms with Crippen LogP contribution in [0.5, 0.6) is 11.5 Å². The number of benzene rings is 1. The molecule has 0 saturated heterocycles. The zero-order valence-corrected chi connectivity index (χ0v) is 13.7. The average molecular weight is 388 g/mol. The number of ether oxygens (including phenoxy) is 2. The standard InChI is InChI=1S/C13H12Br2N2O2/c1-18-9-4-3-8(5-10(9)19-2)6-13-16-11(14)7-12(15)17-13/h3-5,7H,6H2,1-2H3. The van der Waals surface area contributed by atoms with Crippen molar-refractivity contribution in [3.05, 3.63) is 44.9 Å². The molecule has 2 aromatic rings. The highest BCUT2D eigenvalue weighted by Gasteiger charge is 2.07. The predicted molar refractivity (Wildman–Crippen MR) is 79.8 cm³/mol. The summed E-state index contributed by atoms with van der Waals surface area (Å²) in [7, 11) is 3.24. The minimum Gasteiger partial charge on any atom is -0.493 e. The third-order valence-electron chi connectivity index (χ3n) is 2.52. The molecule has 19 heavy (non-hydrogen) atoms. The van der Waals surface area contributed by atoms with Crippen LogP contribution >= 0.6 is 31.9 Å². The second kappa shape index (κ2) is 6.34. The van der Waals surface area contributed by atoms with E-state index < -0.39 is 0 Å². The fourth-order valence-corrected chi connectivity index (χ4v) is 2.84. The quantitative estimate of drug-likeness (QED) is 0.751. The molecule has 0 spiro atoms. The molecule has 0 aliphatic rings. The molecule has 1 aromatic carbocycles. The van der Waals surface area contributed by atoms with Gasteiger partial charge in [-0.15, -0.1) is 0 Å². The molecule has 0 saturated carbocycles. The van der Waals surface area contributed by atoms with Crippen molar-refractivity contribution in [2.75, 3.05) is 14.2 Å². The van der Waals surface area contributed by atoms with Crippen molar-refractivity contribution in [3.8, 4) is 11.5 Å². The minimum atomic E-state index is 0.623. The molecular weight excluding hydrogens is 376 g/mol. The van der Waals surface area contributed by atoms with Crippen molar-refractivity contribution in [2.24, 2.45) is 0 Å². The molecule has 6 heteroatoms. The zero-order valence-electron chi connectivity index (χ0n) is 10.5. The van der Waals surface area contributed by atoms with E-state index in [-0.39, 0.29) is 0 Å². The summed E-state index contributed by atoms with van der Waals surface area (Å²) in [5, 5.41) is 0. The highest BCUT2D eigenvalue weighted by Crippen LogP contribution is 2.28. The van der Waals surface area contributed by atoms with E-state index >= 15 is 0 Å². The van der Waals surface area contributed by atoms with Gasteiger partial charge in [0.25, 0.3) is 0 Å². The van der Waals surface area contributed by atoms with Crippen molar-refractivity contribution in [1.82, 2.24) is 9.97 Å². The van der Waals surface area contributed by atoms with E-state index in [9.17, 15) is 0 Å². The summed E-state index contributed by atoms with van der Waals surface area (Å²) in [6.45, 7) is 0. The van der Waals surface area contributed by atoms with Crippen LogP contribution in [-0.2, 0) is 6.42 Å². The van der Waals surface area contributed by atoms with Crippen molar-refractivity contribution in [2.45, 2.75) is 6.42 Å². The number of nitrogens with zero attached hydrogens (tertiary/aromatic N) is 2. The van der Waals surface area contributed by atoms with Crippen molar-refractivity contribution >= 4 is 31.9 Å². The molecule has 0 aliphatic carbocycles. The van der Waals surface area contributed by atoms with Crippen LogP contribution in [-0.4, -0.2) is 24.2 Å². The molecule has 0 unspecified atom stereocenters. The van der Waals surface area contributed by atoms with Gasteiger partial charge in [0, 0.05) is 12.5 Å². The van der Waals surface area contributed by atoms with Gasteiger partial charge in [-0.3, -0.25) is 0 Å². The van der Waals surface area contributed by atoms with Gasteiger partial charge in [0.2, 0.25) is 0 Å². The van der Waals surface area contributed by atoms with E-state index in [0.29, 0.717) is 17.9 Å². The maximum absolute atomic E-state index is 5.28. The fourth-order valence-electron chi connectivity index (χ4n) is 1.69. The maximum Gasteiger partial charge on any atom is 0.161 e. The van der Waals surface area contributed by atoms with Gasteiger partial charge >= 0.3 is 0 Å². The van der Waals surface area contributed by atoms with Crippen LogP contribution < -0.4 is 9.47 Å². The van der Waals surface area contributed by atoms with E-state index in [4.69, 9.17) is 9.47 Å². The molecule has 0 bridgehead atoms. The molecule has 0 amide bonds. The Balaban J connectivity index is 2.28. The molecule has 0 fully saturated rings. The SMILES string of the molecule is COc1ccc(Cc2nc(Br)cc(Br)n2)cc1OC. The van der Waals surface area contributed by atoms with Gasteiger partial charge in [-0.2, -0.15) is 0 Å². The Morgan fingerprint density at radius 1 is 0.947 bits per heavy atom. The predicted octanol–water partition coefficient (Wildman–Crippen LogP) is 3.61. The highest BCUT2D eigenvalue weighted by atomic mass is 79.9. The summed E-state index contributed by atoms with van der Waals surface area (Å²) in [5.74, 6) is 2.14. The summed E-state index contributed by atoms with van der Waals surface area (Å²) >= 11 is 6.70. The first-order chi connectivity index (χ1) is 9.12. The summed E-state index contributed by atoms with van der Waals surface area (Å²) in [6, 6.07) is 7.58. The smallest absolute Gasteiger partial charge is 0.161 e. The van der Waals surface area contributed by atoms with Crippen LogP contribution in [0.15, 0.2) is 33.5 Å². The molecule has 0 aliphatic heterocycles. The van der Waals surface area contributed by atoms with Crippen LogP contribution in [0.4, 0.5) is 0 Å². The average Bonchev–Trinajstić information content (AvgIpc) is 2.37. The third kappa shape index (κ3) is 3.67. The molecule has 1 heterocycles. The van der Waals surface area contributed by atoms with Gasteiger partial charge < -0.3 is 9.47 Å². The second-order valence-corrected chi connectivity index (χ2v) is 5.42. The molecule has 2 rings (SSSR count).